The number of carbonyl (C=O) groups is 1. The number of hydrogen-bond donors (Lipinski definition) is 0. The lowest BCUT2D eigenvalue weighted by Gasteiger charge is -2.37. The molecule has 0 amide bonds. The lowest BCUT2D eigenvalue weighted by atomic mass is 9.84. The van der Waals surface area contributed by atoms with Crippen molar-refractivity contribution in [3.05, 3.63) is 29.1 Å². The molecule has 2 aliphatic heterocycles. The summed E-state index contributed by atoms with van der Waals surface area (Å²) in [6, 6.07) is 3.77. The van der Waals surface area contributed by atoms with Crippen molar-refractivity contribution in [2.75, 3.05) is 0 Å². The minimum absolute atomic E-state index is 0.0594. The highest BCUT2D eigenvalue weighted by Crippen LogP contribution is 2.38. The summed E-state index contributed by atoms with van der Waals surface area (Å²) in [5.41, 5.74) is 2.58. The number of hydrogen-bond acceptors (Lipinski definition) is 3. The molecule has 3 rings (SSSR count). The van der Waals surface area contributed by atoms with Crippen LogP contribution in [0, 0.1) is 19.8 Å². The van der Waals surface area contributed by atoms with Gasteiger partial charge in [0.25, 0.3) is 0 Å². The Kier molecular flexibility index (Phi) is 3.76. The van der Waals surface area contributed by atoms with Gasteiger partial charge in [0.2, 0.25) is 0 Å². The average molecular weight is 291 g/mol. The smallest absolute Gasteiger partial charge is 0.166 e. The van der Waals surface area contributed by atoms with Gasteiger partial charge in [-0.15, -0.1) is 0 Å². The highest BCUT2D eigenvalue weighted by molar-refractivity contribution is 7.86. The van der Waals surface area contributed by atoms with Gasteiger partial charge in [-0.3, -0.25) is 14.0 Å². The monoisotopic (exact) mass is 291 g/mol. The SMILES string of the molecule is Cc1cc(C(=O)C2CC3CCCC(C2)S3=O)cc(C)n1. The average Bonchev–Trinajstić information content (AvgIpc) is 2.36. The van der Waals surface area contributed by atoms with E-state index in [4.69, 9.17) is 0 Å². The lowest BCUT2D eigenvalue weighted by Crippen LogP contribution is -2.41. The van der Waals surface area contributed by atoms with Crippen LogP contribution in [0.2, 0.25) is 0 Å². The molecule has 0 aromatic carbocycles. The minimum atomic E-state index is -0.703. The minimum Gasteiger partial charge on any atom is -0.294 e. The zero-order valence-corrected chi connectivity index (χ0v) is 12.9. The number of rotatable bonds is 2. The van der Waals surface area contributed by atoms with Crippen molar-refractivity contribution in [2.45, 2.75) is 56.5 Å². The lowest BCUT2D eigenvalue weighted by molar-refractivity contribution is 0.0895. The second kappa shape index (κ2) is 5.40. The Morgan fingerprint density at radius 2 is 1.70 bits per heavy atom. The molecule has 20 heavy (non-hydrogen) atoms. The summed E-state index contributed by atoms with van der Waals surface area (Å²) in [5, 5.41) is 0.501. The number of carbonyl (C=O) groups excluding carboxylic acids is 1. The van der Waals surface area contributed by atoms with E-state index >= 15 is 0 Å². The van der Waals surface area contributed by atoms with Crippen LogP contribution in [-0.2, 0) is 10.8 Å². The standard InChI is InChI=1S/C16H21NO2S/c1-10-6-12(7-11(2)17-10)16(18)13-8-14-4-3-5-15(9-13)20(14)19/h6-7,13-15H,3-5,8-9H2,1-2H3. The van der Waals surface area contributed by atoms with Gasteiger partial charge < -0.3 is 0 Å². The van der Waals surface area contributed by atoms with E-state index < -0.39 is 10.8 Å². The maximum atomic E-state index is 12.7. The Hall–Kier alpha value is -1.03. The fourth-order valence-electron chi connectivity index (χ4n) is 3.66. The van der Waals surface area contributed by atoms with Crippen molar-refractivity contribution in [1.29, 1.82) is 0 Å². The van der Waals surface area contributed by atoms with Gasteiger partial charge in [-0.25, -0.2) is 0 Å². The third-order valence-electron chi connectivity index (χ3n) is 4.54. The molecule has 108 valence electrons. The van der Waals surface area contributed by atoms with Gasteiger partial charge in [0.15, 0.2) is 5.78 Å². The molecule has 1 aromatic rings. The molecule has 2 saturated heterocycles. The summed E-state index contributed by atoms with van der Waals surface area (Å²) in [5.74, 6) is 0.288. The van der Waals surface area contributed by atoms with Crippen molar-refractivity contribution in [3.8, 4) is 0 Å². The molecule has 2 unspecified atom stereocenters. The number of ketones is 1. The van der Waals surface area contributed by atoms with Crippen LogP contribution in [0.5, 0.6) is 0 Å². The van der Waals surface area contributed by atoms with Crippen molar-refractivity contribution in [3.63, 3.8) is 0 Å². The highest BCUT2D eigenvalue weighted by Gasteiger charge is 2.40. The molecular formula is C16H21NO2S. The molecule has 0 spiro atoms. The van der Waals surface area contributed by atoms with Gasteiger partial charge in [-0.1, -0.05) is 6.42 Å². The van der Waals surface area contributed by atoms with E-state index in [1.54, 1.807) is 0 Å². The van der Waals surface area contributed by atoms with Crippen LogP contribution in [0.1, 0.15) is 53.8 Å². The Morgan fingerprint density at radius 3 is 2.25 bits per heavy atom. The van der Waals surface area contributed by atoms with Gasteiger partial charge in [-0.05, 0) is 51.7 Å². The van der Waals surface area contributed by atoms with Gasteiger partial charge in [0.1, 0.15) is 0 Å². The van der Waals surface area contributed by atoms with Gasteiger partial charge in [-0.2, -0.15) is 0 Å². The summed E-state index contributed by atoms with van der Waals surface area (Å²) in [6.45, 7) is 3.85. The quantitative estimate of drug-likeness (QED) is 0.787. The maximum Gasteiger partial charge on any atom is 0.166 e. The van der Waals surface area contributed by atoms with E-state index in [9.17, 15) is 9.00 Å². The number of Topliss-reactive ketones (excluding diaryl/α,β-unsaturated/α-hetero) is 1. The molecule has 0 aliphatic carbocycles. The predicted octanol–water partition coefficient (Wildman–Crippen LogP) is 2.96. The molecule has 2 aliphatic rings. The first-order valence-electron chi connectivity index (χ1n) is 7.43. The topological polar surface area (TPSA) is 47.0 Å². The molecule has 2 atom stereocenters. The van der Waals surface area contributed by atoms with Crippen LogP contribution in [0.4, 0.5) is 0 Å². The Bertz CT molecular complexity index is 533. The third kappa shape index (κ3) is 2.58. The van der Waals surface area contributed by atoms with Crippen LogP contribution >= 0.6 is 0 Å². The molecule has 0 saturated carbocycles. The zero-order chi connectivity index (χ0) is 14.3. The Labute approximate surface area is 122 Å². The molecule has 0 N–H and O–H groups in total. The largest absolute Gasteiger partial charge is 0.294 e. The van der Waals surface area contributed by atoms with Crippen LogP contribution < -0.4 is 0 Å². The first-order chi connectivity index (χ1) is 9.54. The second-order valence-corrected chi connectivity index (χ2v) is 8.17. The fourth-order valence-corrected chi connectivity index (χ4v) is 5.85. The predicted molar refractivity (Wildman–Crippen MR) is 80.3 cm³/mol. The molecular weight excluding hydrogens is 270 g/mol. The van der Waals surface area contributed by atoms with Crippen molar-refractivity contribution in [2.24, 2.45) is 5.92 Å². The molecule has 0 radical (unpaired) electrons. The Balaban J connectivity index is 1.82. The van der Waals surface area contributed by atoms with Gasteiger partial charge in [0, 0.05) is 44.2 Å². The van der Waals surface area contributed by atoms with E-state index in [0.717, 1.165) is 42.6 Å². The van der Waals surface area contributed by atoms with Crippen molar-refractivity contribution in [1.82, 2.24) is 4.98 Å². The molecule has 3 nitrogen and oxygen atoms in total. The van der Waals surface area contributed by atoms with E-state index in [2.05, 4.69) is 4.98 Å². The van der Waals surface area contributed by atoms with E-state index in [-0.39, 0.29) is 22.2 Å². The fraction of sp³-hybridized carbons (Fsp3) is 0.625. The summed E-state index contributed by atoms with van der Waals surface area (Å²) in [4.78, 5) is 17.0. The van der Waals surface area contributed by atoms with Crippen molar-refractivity contribution < 1.29 is 9.00 Å². The molecule has 2 bridgehead atoms. The normalized spacial score (nSPS) is 32.9. The maximum absolute atomic E-state index is 12.7. The molecule has 3 heterocycles. The summed E-state index contributed by atoms with van der Waals surface area (Å²) in [6.07, 6.45) is 4.85. The number of aromatic nitrogens is 1. The Morgan fingerprint density at radius 1 is 1.15 bits per heavy atom. The van der Waals surface area contributed by atoms with Crippen LogP contribution in [0.3, 0.4) is 0 Å². The number of fused-ring (bicyclic) bond motifs is 2. The van der Waals surface area contributed by atoms with Gasteiger partial charge >= 0.3 is 0 Å². The van der Waals surface area contributed by atoms with Crippen molar-refractivity contribution >= 4 is 16.6 Å². The summed E-state index contributed by atoms with van der Waals surface area (Å²) in [7, 11) is -0.703. The van der Waals surface area contributed by atoms with Crippen LogP contribution in [-0.4, -0.2) is 25.5 Å². The summed E-state index contributed by atoms with van der Waals surface area (Å²) < 4.78 is 12.2. The molecule has 1 aromatic heterocycles. The molecule has 4 heteroatoms. The van der Waals surface area contributed by atoms with E-state index in [1.165, 1.54) is 6.42 Å². The third-order valence-corrected chi connectivity index (χ3v) is 6.71. The van der Waals surface area contributed by atoms with Gasteiger partial charge in [0.05, 0.1) is 0 Å². The van der Waals surface area contributed by atoms with E-state index in [1.807, 2.05) is 26.0 Å². The first kappa shape index (κ1) is 13.9. The second-order valence-electron chi connectivity index (χ2n) is 6.17. The highest BCUT2D eigenvalue weighted by atomic mass is 32.2. The summed E-state index contributed by atoms with van der Waals surface area (Å²) >= 11 is 0. The van der Waals surface area contributed by atoms with E-state index in [0.29, 0.717) is 0 Å². The zero-order valence-electron chi connectivity index (χ0n) is 12.1. The van der Waals surface area contributed by atoms with Crippen LogP contribution in [0.15, 0.2) is 12.1 Å². The first-order valence-corrected chi connectivity index (χ1v) is 8.71. The number of aryl methyl sites for hydroxylation is 2. The molecule has 2 fully saturated rings. The number of nitrogens with zero attached hydrogens (tertiary/aromatic N) is 1. The number of pyridine rings is 1. The van der Waals surface area contributed by atoms with Crippen LogP contribution in [0.25, 0.3) is 0 Å².